The summed E-state index contributed by atoms with van der Waals surface area (Å²) in [4.78, 5) is 27.4. The summed E-state index contributed by atoms with van der Waals surface area (Å²) in [5.74, 6) is -0.136. The lowest BCUT2D eigenvalue weighted by atomic mass is 9.95. The molecule has 2 amide bonds. The number of carbonyl (C=O) groups excluding carboxylic acids is 2. The number of hydrogen-bond acceptors (Lipinski definition) is 3. The lowest BCUT2D eigenvalue weighted by Crippen LogP contribution is -2.35. The van der Waals surface area contributed by atoms with Crippen LogP contribution < -0.4 is 15.5 Å². The quantitative estimate of drug-likeness (QED) is 0.829. The Balaban J connectivity index is 2.32. The van der Waals surface area contributed by atoms with Gasteiger partial charge in [-0.25, -0.2) is 0 Å². The zero-order valence-electron chi connectivity index (χ0n) is 16.8. The SMILES string of the molecule is CC[C@H](C)NC(=O)c1cc(NC(=O)C(C)(C)C)ccc1N1CCCCC1. The number of anilines is 2. The van der Waals surface area contributed by atoms with Crippen LogP contribution in [0.4, 0.5) is 11.4 Å². The van der Waals surface area contributed by atoms with Gasteiger partial charge >= 0.3 is 0 Å². The van der Waals surface area contributed by atoms with E-state index in [4.69, 9.17) is 0 Å². The highest BCUT2D eigenvalue weighted by Gasteiger charge is 2.23. The van der Waals surface area contributed by atoms with Gasteiger partial charge in [0.25, 0.3) is 5.91 Å². The zero-order valence-corrected chi connectivity index (χ0v) is 16.8. The highest BCUT2D eigenvalue weighted by molar-refractivity contribution is 6.02. The maximum Gasteiger partial charge on any atom is 0.253 e. The second-order valence-corrected chi connectivity index (χ2v) is 8.27. The van der Waals surface area contributed by atoms with E-state index in [-0.39, 0.29) is 17.9 Å². The summed E-state index contributed by atoms with van der Waals surface area (Å²) in [5, 5.41) is 5.99. The molecule has 1 aromatic rings. The first-order chi connectivity index (χ1) is 12.2. The first-order valence-corrected chi connectivity index (χ1v) is 9.73. The summed E-state index contributed by atoms with van der Waals surface area (Å²) < 4.78 is 0. The summed E-state index contributed by atoms with van der Waals surface area (Å²) in [6.45, 7) is 11.6. The van der Waals surface area contributed by atoms with Crippen LogP contribution in [0, 0.1) is 5.41 Å². The van der Waals surface area contributed by atoms with Crippen molar-refractivity contribution < 1.29 is 9.59 Å². The van der Waals surface area contributed by atoms with E-state index >= 15 is 0 Å². The van der Waals surface area contributed by atoms with E-state index in [1.165, 1.54) is 6.42 Å². The van der Waals surface area contributed by atoms with Crippen molar-refractivity contribution in [3.8, 4) is 0 Å². The number of hydrogen-bond donors (Lipinski definition) is 2. The largest absolute Gasteiger partial charge is 0.371 e. The first-order valence-electron chi connectivity index (χ1n) is 9.73. The molecule has 2 rings (SSSR count). The van der Waals surface area contributed by atoms with Crippen molar-refractivity contribution >= 4 is 23.2 Å². The van der Waals surface area contributed by atoms with Gasteiger partial charge < -0.3 is 15.5 Å². The van der Waals surface area contributed by atoms with E-state index in [1.807, 2.05) is 45.9 Å². The maximum atomic E-state index is 12.9. The van der Waals surface area contributed by atoms with E-state index in [9.17, 15) is 9.59 Å². The number of piperidine rings is 1. The molecule has 0 unspecified atom stereocenters. The van der Waals surface area contributed by atoms with Gasteiger partial charge in [0.2, 0.25) is 5.91 Å². The maximum absolute atomic E-state index is 12.9. The molecular formula is C21H33N3O2. The minimum atomic E-state index is -0.481. The summed E-state index contributed by atoms with van der Waals surface area (Å²) in [6, 6.07) is 5.79. The van der Waals surface area contributed by atoms with Crippen LogP contribution in [0.1, 0.15) is 70.7 Å². The van der Waals surface area contributed by atoms with Crippen molar-refractivity contribution in [2.45, 2.75) is 66.3 Å². The Labute approximate surface area is 157 Å². The minimum absolute atomic E-state index is 0.0588. The Hall–Kier alpha value is -2.04. The van der Waals surface area contributed by atoms with Crippen LogP contribution in [-0.2, 0) is 4.79 Å². The molecule has 1 fully saturated rings. The van der Waals surface area contributed by atoms with Gasteiger partial charge in [0, 0.05) is 35.9 Å². The third kappa shape index (κ3) is 5.23. The fraction of sp³-hybridized carbons (Fsp3) is 0.619. The average Bonchev–Trinajstić information content (AvgIpc) is 2.61. The molecule has 0 bridgehead atoms. The van der Waals surface area contributed by atoms with E-state index in [0.717, 1.165) is 38.0 Å². The summed E-state index contributed by atoms with van der Waals surface area (Å²) in [7, 11) is 0. The molecule has 0 spiro atoms. The molecule has 5 nitrogen and oxygen atoms in total. The lowest BCUT2D eigenvalue weighted by molar-refractivity contribution is -0.123. The molecule has 26 heavy (non-hydrogen) atoms. The van der Waals surface area contributed by atoms with Crippen molar-refractivity contribution in [1.82, 2.24) is 5.32 Å². The second kappa shape index (κ2) is 8.56. The van der Waals surface area contributed by atoms with Gasteiger partial charge in [0.1, 0.15) is 0 Å². The predicted octanol–water partition coefficient (Wildman–Crippen LogP) is 4.19. The van der Waals surface area contributed by atoms with Crippen LogP contribution in [0.15, 0.2) is 18.2 Å². The molecule has 1 aromatic carbocycles. The molecule has 1 saturated heterocycles. The summed E-state index contributed by atoms with van der Waals surface area (Å²) >= 11 is 0. The van der Waals surface area contributed by atoms with Crippen LogP contribution in [0.25, 0.3) is 0 Å². The Morgan fingerprint density at radius 1 is 1.15 bits per heavy atom. The third-order valence-electron chi connectivity index (χ3n) is 4.87. The lowest BCUT2D eigenvalue weighted by Gasteiger charge is -2.31. The smallest absolute Gasteiger partial charge is 0.253 e. The highest BCUT2D eigenvalue weighted by atomic mass is 16.2. The number of amides is 2. The summed E-state index contributed by atoms with van der Waals surface area (Å²) in [5.41, 5.74) is 1.78. The third-order valence-corrected chi connectivity index (χ3v) is 4.87. The standard InChI is InChI=1S/C21H33N3O2/c1-6-15(2)22-19(25)17-14-16(23-20(26)21(3,4)5)10-11-18(17)24-12-8-7-9-13-24/h10-11,14-15H,6-9,12-13H2,1-5H3,(H,22,25)(H,23,26)/t15-/m0/s1. The molecule has 1 atom stereocenters. The number of benzene rings is 1. The molecule has 1 aliphatic rings. The summed E-state index contributed by atoms with van der Waals surface area (Å²) in [6.07, 6.45) is 4.42. The van der Waals surface area contributed by atoms with Gasteiger partial charge in [-0.15, -0.1) is 0 Å². The van der Waals surface area contributed by atoms with Gasteiger partial charge in [-0.3, -0.25) is 9.59 Å². The Morgan fingerprint density at radius 2 is 1.81 bits per heavy atom. The van der Waals surface area contributed by atoms with Gasteiger partial charge in [0.15, 0.2) is 0 Å². The van der Waals surface area contributed by atoms with Gasteiger partial charge in [-0.2, -0.15) is 0 Å². The van der Waals surface area contributed by atoms with Crippen LogP contribution in [-0.4, -0.2) is 30.9 Å². The molecule has 2 N–H and O–H groups in total. The van der Waals surface area contributed by atoms with Crippen LogP contribution in [0.2, 0.25) is 0 Å². The van der Waals surface area contributed by atoms with Crippen molar-refractivity contribution in [2.24, 2.45) is 5.41 Å². The molecule has 1 aliphatic heterocycles. The predicted molar refractivity (Wildman–Crippen MR) is 108 cm³/mol. The number of rotatable bonds is 5. The van der Waals surface area contributed by atoms with E-state index in [0.29, 0.717) is 11.3 Å². The van der Waals surface area contributed by atoms with Crippen molar-refractivity contribution in [3.63, 3.8) is 0 Å². The fourth-order valence-electron chi connectivity index (χ4n) is 2.93. The van der Waals surface area contributed by atoms with Gasteiger partial charge in [-0.05, 0) is 50.8 Å². The van der Waals surface area contributed by atoms with Gasteiger partial charge in [0.05, 0.1) is 5.56 Å². The second-order valence-electron chi connectivity index (χ2n) is 8.27. The molecule has 0 aromatic heterocycles. The molecule has 0 radical (unpaired) electrons. The number of nitrogens with one attached hydrogen (secondary N) is 2. The van der Waals surface area contributed by atoms with Gasteiger partial charge in [-0.1, -0.05) is 27.7 Å². The Morgan fingerprint density at radius 3 is 2.38 bits per heavy atom. The van der Waals surface area contributed by atoms with E-state index in [2.05, 4.69) is 22.5 Å². The molecule has 0 aliphatic carbocycles. The molecule has 144 valence electrons. The van der Waals surface area contributed by atoms with E-state index in [1.54, 1.807) is 0 Å². The Bertz CT molecular complexity index is 643. The zero-order chi connectivity index (χ0) is 19.3. The highest BCUT2D eigenvalue weighted by Crippen LogP contribution is 2.28. The van der Waals surface area contributed by atoms with Crippen LogP contribution in [0.3, 0.4) is 0 Å². The van der Waals surface area contributed by atoms with Crippen LogP contribution in [0.5, 0.6) is 0 Å². The van der Waals surface area contributed by atoms with Crippen molar-refractivity contribution in [3.05, 3.63) is 23.8 Å². The monoisotopic (exact) mass is 359 g/mol. The number of carbonyl (C=O) groups is 2. The van der Waals surface area contributed by atoms with Crippen LogP contribution >= 0.6 is 0 Å². The molecular weight excluding hydrogens is 326 g/mol. The molecule has 5 heteroatoms. The average molecular weight is 360 g/mol. The van der Waals surface area contributed by atoms with Crippen molar-refractivity contribution in [1.29, 1.82) is 0 Å². The molecule has 1 heterocycles. The first kappa shape index (κ1) is 20.3. The fourth-order valence-corrected chi connectivity index (χ4v) is 2.93. The normalized spacial score (nSPS) is 16.1. The Kier molecular flexibility index (Phi) is 6.68. The number of nitrogens with zero attached hydrogens (tertiary/aromatic N) is 1. The van der Waals surface area contributed by atoms with Crippen molar-refractivity contribution in [2.75, 3.05) is 23.3 Å². The topological polar surface area (TPSA) is 61.4 Å². The van der Waals surface area contributed by atoms with E-state index < -0.39 is 5.41 Å². The molecule has 0 saturated carbocycles. The minimum Gasteiger partial charge on any atom is -0.371 e.